The molecule has 5 heteroatoms. The second kappa shape index (κ2) is 6.87. The first-order valence-electron chi connectivity index (χ1n) is 8.72. The third kappa shape index (κ3) is 3.34. The van der Waals surface area contributed by atoms with E-state index >= 15 is 0 Å². The van der Waals surface area contributed by atoms with Gasteiger partial charge in [0.05, 0.1) is 17.4 Å². The van der Waals surface area contributed by atoms with Gasteiger partial charge in [0, 0.05) is 25.3 Å². The Hall–Kier alpha value is -1.62. The monoisotopic (exact) mass is 317 g/mol. The van der Waals surface area contributed by atoms with Gasteiger partial charge < -0.3 is 9.67 Å². The summed E-state index contributed by atoms with van der Waals surface area (Å²) in [5.74, 6) is -0.689. The minimum atomic E-state index is -0.689. The van der Waals surface area contributed by atoms with Crippen molar-refractivity contribution in [1.29, 1.82) is 0 Å². The van der Waals surface area contributed by atoms with Gasteiger partial charge in [0.1, 0.15) is 0 Å². The van der Waals surface area contributed by atoms with E-state index in [1.807, 2.05) is 12.5 Å². The molecule has 2 aliphatic rings. The number of nitrogens with zero attached hydrogens (tertiary/aromatic N) is 3. The van der Waals surface area contributed by atoms with Crippen LogP contribution in [0.15, 0.2) is 25.2 Å². The van der Waals surface area contributed by atoms with Crippen molar-refractivity contribution in [2.45, 2.75) is 57.5 Å². The lowest BCUT2D eigenvalue weighted by molar-refractivity contribution is -0.152. The number of aromatic nitrogens is 2. The minimum Gasteiger partial charge on any atom is -0.481 e. The van der Waals surface area contributed by atoms with Crippen LogP contribution in [0.3, 0.4) is 0 Å². The van der Waals surface area contributed by atoms with Gasteiger partial charge >= 0.3 is 5.97 Å². The number of hydrogen-bond acceptors (Lipinski definition) is 3. The van der Waals surface area contributed by atoms with Gasteiger partial charge in [-0.2, -0.15) is 0 Å². The molecular formula is C18H27N3O2. The van der Waals surface area contributed by atoms with E-state index in [0.29, 0.717) is 19.0 Å². The van der Waals surface area contributed by atoms with E-state index < -0.39 is 11.4 Å². The Morgan fingerprint density at radius 3 is 2.91 bits per heavy atom. The van der Waals surface area contributed by atoms with E-state index in [9.17, 15) is 9.90 Å². The standard InChI is InChI=1S/C18H27N3O2/c1-2-8-18(17(22)23)9-5-10-20(13-18)12-16-11-19-14-21(16)15-6-3-4-7-15/h2,11,14-15H,1,3-10,12-13H2,(H,22,23). The highest BCUT2D eigenvalue weighted by Gasteiger charge is 2.41. The van der Waals surface area contributed by atoms with Crippen LogP contribution in [0.25, 0.3) is 0 Å². The molecule has 1 saturated heterocycles. The number of aliphatic carboxylic acids is 1. The van der Waals surface area contributed by atoms with E-state index in [4.69, 9.17) is 0 Å². The highest BCUT2D eigenvalue weighted by molar-refractivity contribution is 5.75. The third-order valence-corrected chi connectivity index (χ3v) is 5.49. The summed E-state index contributed by atoms with van der Waals surface area (Å²) in [6, 6.07) is 0.578. The van der Waals surface area contributed by atoms with Crippen molar-refractivity contribution >= 4 is 5.97 Å². The smallest absolute Gasteiger partial charge is 0.311 e. The Kier molecular flexibility index (Phi) is 4.85. The number of rotatable bonds is 6. The largest absolute Gasteiger partial charge is 0.481 e. The summed E-state index contributed by atoms with van der Waals surface area (Å²) < 4.78 is 2.32. The molecule has 0 spiro atoms. The number of piperidine rings is 1. The highest BCUT2D eigenvalue weighted by Crippen LogP contribution is 2.35. The molecule has 1 aliphatic heterocycles. The summed E-state index contributed by atoms with van der Waals surface area (Å²) in [5, 5.41) is 9.70. The molecule has 1 aromatic heterocycles. The van der Waals surface area contributed by atoms with Crippen LogP contribution in [0, 0.1) is 5.41 Å². The van der Waals surface area contributed by atoms with Gasteiger partial charge in [-0.25, -0.2) is 4.98 Å². The summed E-state index contributed by atoms with van der Waals surface area (Å²) >= 11 is 0. The van der Waals surface area contributed by atoms with E-state index in [-0.39, 0.29) is 0 Å². The van der Waals surface area contributed by atoms with E-state index in [2.05, 4.69) is 21.0 Å². The van der Waals surface area contributed by atoms with E-state index in [1.165, 1.54) is 31.4 Å². The van der Waals surface area contributed by atoms with Gasteiger partial charge in [-0.3, -0.25) is 9.69 Å². The predicted octanol–water partition coefficient (Wildman–Crippen LogP) is 3.24. The van der Waals surface area contributed by atoms with Crippen molar-refractivity contribution in [2.24, 2.45) is 5.41 Å². The number of imidazole rings is 1. The maximum Gasteiger partial charge on any atom is 0.311 e. The van der Waals surface area contributed by atoms with Crippen LogP contribution >= 0.6 is 0 Å². The number of carboxylic acid groups (broad SMARTS) is 1. The van der Waals surface area contributed by atoms with Crippen LogP contribution in [0.4, 0.5) is 0 Å². The predicted molar refractivity (Wildman–Crippen MR) is 89.1 cm³/mol. The minimum absolute atomic E-state index is 0.542. The average Bonchev–Trinajstić information content (AvgIpc) is 3.18. The quantitative estimate of drug-likeness (QED) is 0.818. The molecule has 5 nitrogen and oxygen atoms in total. The molecule has 0 aromatic carbocycles. The summed E-state index contributed by atoms with van der Waals surface area (Å²) in [4.78, 5) is 18.4. The second-order valence-electron chi connectivity index (χ2n) is 7.12. The molecule has 3 rings (SSSR count). The first kappa shape index (κ1) is 16.2. The van der Waals surface area contributed by atoms with Crippen LogP contribution in [0.1, 0.15) is 56.7 Å². The molecule has 1 aliphatic carbocycles. The molecule has 0 bridgehead atoms. The lowest BCUT2D eigenvalue weighted by atomic mass is 9.77. The van der Waals surface area contributed by atoms with Crippen LogP contribution in [0.5, 0.6) is 0 Å². The van der Waals surface area contributed by atoms with Crippen LogP contribution in [-0.4, -0.2) is 38.6 Å². The Bertz CT molecular complexity index is 562. The molecule has 1 atom stereocenters. The molecule has 1 unspecified atom stereocenters. The van der Waals surface area contributed by atoms with Crippen molar-refractivity contribution in [3.63, 3.8) is 0 Å². The molecule has 2 heterocycles. The molecule has 1 N–H and O–H groups in total. The number of likely N-dealkylation sites (tertiary alicyclic amines) is 1. The summed E-state index contributed by atoms with van der Waals surface area (Å²) in [5.41, 5.74) is 0.551. The lowest BCUT2D eigenvalue weighted by Crippen LogP contribution is -2.47. The van der Waals surface area contributed by atoms with Crippen molar-refractivity contribution in [3.05, 3.63) is 30.9 Å². The summed E-state index contributed by atoms with van der Waals surface area (Å²) in [6.07, 6.45) is 12.9. The number of hydrogen-bond donors (Lipinski definition) is 1. The maximum absolute atomic E-state index is 11.8. The molecule has 0 radical (unpaired) electrons. The van der Waals surface area contributed by atoms with E-state index in [0.717, 1.165) is 25.9 Å². The van der Waals surface area contributed by atoms with Gasteiger partial charge in [0.25, 0.3) is 0 Å². The Morgan fingerprint density at radius 2 is 2.22 bits per heavy atom. The normalized spacial score (nSPS) is 26.4. The zero-order valence-electron chi connectivity index (χ0n) is 13.8. The van der Waals surface area contributed by atoms with Gasteiger partial charge in [-0.1, -0.05) is 18.9 Å². The molecule has 2 fully saturated rings. The number of carboxylic acids is 1. The van der Waals surface area contributed by atoms with Crippen molar-refractivity contribution in [3.8, 4) is 0 Å². The van der Waals surface area contributed by atoms with Crippen LogP contribution in [0.2, 0.25) is 0 Å². The van der Waals surface area contributed by atoms with Crippen LogP contribution < -0.4 is 0 Å². The van der Waals surface area contributed by atoms with Gasteiger partial charge in [-0.15, -0.1) is 6.58 Å². The molecule has 23 heavy (non-hydrogen) atoms. The molecule has 1 aromatic rings. The molecule has 0 amide bonds. The first-order valence-corrected chi connectivity index (χ1v) is 8.72. The topological polar surface area (TPSA) is 58.4 Å². The average molecular weight is 317 g/mol. The van der Waals surface area contributed by atoms with Crippen LogP contribution in [-0.2, 0) is 11.3 Å². The number of carbonyl (C=O) groups is 1. The second-order valence-corrected chi connectivity index (χ2v) is 7.12. The Labute approximate surface area is 138 Å². The summed E-state index contributed by atoms with van der Waals surface area (Å²) in [7, 11) is 0. The number of allylic oxidation sites excluding steroid dienone is 1. The van der Waals surface area contributed by atoms with Gasteiger partial charge in [-0.05, 0) is 38.6 Å². The van der Waals surface area contributed by atoms with Gasteiger partial charge in [0.15, 0.2) is 0 Å². The summed E-state index contributed by atoms with van der Waals surface area (Å²) in [6.45, 7) is 6.11. The fraction of sp³-hybridized carbons (Fsp3) is 0.667. The highest BCUT2D eigenvalue weighted by atomic mass is 16.4. The first-order chi connectivity index (χ1) is 11.1. The maximum atomic E-state index is 11.8. The SMILES string of the molecule is C=CCC1(C(=O)O)CCCN(Cc2cncn2C2CCCC2)C1. The van der Waals surface area contributed by atoms with Crippen molar-refractivity contribution in [2.75, 3.05) is 13.1 Å². The lowest BCUT2D eigenvalue weighted by Gasteiger charge is -2.39. The fourth-order valence-electron chi connectivity index (χ4n) is 4.26. The van der Waals surface area contributed by atoms with Crippen molar-refractivity contribution < 1.29 is 9.90 Å². The van der Waals surface area contributed by atoms with Gasteiger partial charge in [0.2, 0.25) is 0 Å². The third-order valence-electron chi connectivity index (χ3n) is 5.49. The Balaban J connectivity index is 1.71. The zero-order valence-corrected chi connectivity index (χ0v) is 13.8. The fourth-order valence-corrected chi connectivity index (χ4v) is 4.26. The Morgan fingerprint density at radius 1 is 1.43 bits per heavy atom. The van der Waals surface area contributed by atoms with E-state index in [1.54, 1.807) is 6.08 Å². The van der Waals surface area contributed by atoms with Crippen molar-refractivity contribution in [1.82, 2.24) is 14.5 Å². The molecular weight excluding hydrogens is 290 g/mol. The zero-order chi connectivity index (χ0) is 16.3. The molecule has 126 valence electrons. The molecule has 1 saturated carbocycles.